The quantitative estimate of drug-likeness (QED) is 0.597. The minimum atomic E-state index is -1.56. The fourth-order valence-electron chi connectivity index (χ4n) is 0. The normalized spacial score (nSPS) is 12.2. The third-order valence-corrected chi connectivity index (χ3v) is 0. The first-order valence-corrected chi connectivity index (χ1v) is 17.9. The Bertz CT molecular complexity index is 22.4. The molecule has 0 radical (unpaired) electrons. The fraction of sp³-hybridized carbons (Fsp3) is 0. The van der Waals surface area contributed by atoms with Gasteiger partial charge in [-0.2, -0.15) is 0 Å². The molecule has 0 aromatic rings. The van der Waals surface area contributed by atoms with Crippen LogP contribution >= 0.6 is 42.0 Å². The monoisotopic (exact) mass is 318 g/mol. The molecule has 0 unspecified atom stereocenters. The molecule has 0 amide bonds. The molecule has 0 fully saturated rings. The van der Waals surface area contributed by atoms with Gasteiger partial charge < -0.3 is 0 Å². The number of rotatable bonds is 0. The van der Waals surface area contributed by atoms with Gasteiger partial charge in [-0.25, -0.2) is 0 Å². The maximum atomic E-state index is 3.40. The van der Waals surface area contributed by atoms with Crippen molar-refractivity contribution in [3.05, 3.63) is 0 Å². The summed E-state index contributed by atoms with van der Waals surface area (Å²) in [5.74, 6) is 0. The van der Waals surface area contributed by atoms with Crippen LogP contribution in [0, 0.1) is 0 Å². The van der Waals surface area contributed by atoms with Crippen molar-refractivity contribution in [2.45, 2.75) is 0 Å². The van der Waals surface area contributed by atoms with Gasteiger partial charge in [0.1, 0.15) is 0 Å². The molecule has 26 valence electrons. The Balaban J connectivity index is 3.02. The number of hydrogen-bond acceptors (Lipinski definition) is 0. The summed E-state index contributed by atoms with van der Waals surface area (Å²) < 4.78 is 0. The summed E-state index contributed by atoms with van der Waals surface area (Å²) in [4.78, 5) is 0. The van der Waals surface area contributed by atoms with E-state index >= 15 is 0 Å². The van der Waals surface area contributed by atoms with Crippen LogP contribution in [0.1, 0.15) is 0 Å². The molecule has 0 saturated heterocycles. The van der Waals surface area contributed by atoms with Gasteiger partial charge in [0.15, 0.2) is 0 Å². The second-order valence-electron chi connectivity index (χ2n) is 0.781. The van der Waals surface area contributed by atoms with Crippen molar-refractivity contribution in [1.82, 2.24) is 0 Å². The second kappa shape index (κ2) is 2.78. The molecule has 0 aliphatic rings. The van der Waals surface area contributed by atoms with Crippen LogP contribution in [0.2, 0.25) is 0 Å². The van der Waals surface area contributed by atoms with Crippen LogP contribution in [0.4, 0.5) is 0 Å². The molecule has 0 aliphatic carbocycles. The first-order chi connectivity index (χ1) is 2.00. The topological polar surface area (TPSA) is 0 Å². The Morgan fingerprint density at radius 2 is 1.20 bits per heavy atom. The van der Waals surface area contributed by atoms with Crippen molar-refractivity contribution in [2.24, 2.45) is 0 Å². The molecule has 0 aliphatic heterocycles. The second-order valence-corrected chi connectivity index (χ2v) is 45.4. The van der Waals surface area contributed by atoms with Crippen LogP contribution in [0.25, 0.3) is 0 Å². The fourth-order valence-corrected chi connectivity index (χ4v) is 0. The third kappa shape index (κ3) is 20.7. The Morgan fingerprint density at radius 3 is 1.20 bits per heavy atom. The Morgan fingerprint density at radius 1 is 1.20 bits per heavy atom. The van der Waals surface area contributed by atoms with Gasteiger partial charge >= 0.3 is 63.2 Å². The van der Waals surface area contributed by atoms with E-state index in [0.717, 1.165) is 0 Å². The van der Waals surface area contributed by atoms with E-state index in [1.165, 1.54) is 0 Å². The zero-order chi connectivity index (χ0) is 4.50. The van der Waals surface area contributed by atoms with Crippen LogP contribution in [0.3, 0.4) is 0 Å². The van der Waals surface area contributed by atoms with Crippen LogP contribution in [0.15, 0.2) is 0 Å². The van der Waals surface area contributed by atoms with E-state index in [-0.39, 0.29) is 0 Å². The summed E-state index contributed by atoms with van der Waals surface area (Å²) in [5, 5.41) is 0. The van der Waals surface area contributed by atoms with Gasteiger partial charge in [0.2, 0.25) is 0 Å². The summed E-state index contributed by atoms with van der Waals surface area (Å²) in [6.45, 7) is 0. The molecule has 0 saturated carbocycles. The summed E-state index contributed by atoms with van der Waals surface area (Å²) in [5.41, 5.74) is -1.56. The third-order valence-electron chi connectivity index (χ3n) is 0. The molecule has 5 heavy (non-hydrogen) atoms. The SMILES string of the molecule is [Li][Ge]([Br])([Br])[Br]. The zero-order valence-electron chi connectivity index (χ0n) is 2.63. The molecule has 0 spiro atoms. The van der Waals surface area contributed by atoms with Crippen LogP contribution in [-0.2, 0) is 0 Å². The molecule has 0 aromatic heterocycles. The average Bonchev–Trinajstić information content (AvgIpc) is 0.722. The van der Waals surface area contributed by atoms with Gasteiger partial charge in [0, 0.05) is 0 Å². The molecule has 0 bridgehead atoms. The first kappa shape index (κ1) is 7.58. The van der Waals surface area contributed by atoms with E-state index in [1.807, 2.05) is 0 Å². The Kier molecular flexibility index (Phi) is 4.22. The number of halogens is 3. The van der Waals surface area contributed by atoms with Gasteiger partial charge in [0.25, 0.3) is 0 Å². The minimum absolute atomic E-state index is 1.56. The van der Waals surface area contributed by atoms with E-state index in [0.29, 0.717) is 0 Å². The predicted molar refractivity (Wildman–Crippen MR) is 38.3 cm³/mol. The van der Waals surface area contributed by atoms with Gasteiger partial charge in [0.05, 0.1) is 0 Å². The molecule has 0 rings (SSSR count). The summed E-state index contributed by atoms with van der Waals surface area (Å²) in [6.07, 6.45) is 0. The Labute approximate surface area is 62.1 Å². The van der Waals surface area contributed by atoms with E-state index in [4.69, 9.17) is 0 Å². The van der Waals surface area contributed by atoms with E-state index < -0.39 is 5.51 Å². The van der Waals surface area contributed by atoms with Crippen LogP contribution in [0.5, 0.6) is 0 Å². The predicted octanol–water partition coefficient (Wildman–Crippen LogP) is 1.78. The van der Waals surface area contributed by atoms with Crippen molar-refractivity contribution in [3.63, 3.8) is 0 Å². The molecular formula is Br3GeLi. The molecule has 0 atom stereocenters. The molecule has 0 nitrogen and oxygen atoms in total. The maximum absolute atomic E-state index is 3.40. The van der Waals surface area contributed by atoms with Gasteiger partial charge in [-0.3, -0.25) is 0 Å². The van der Waals surface area contributed by atoms with Crippen molar-refractivity contribution in [3.8, 4) is 0 Å². The summed E-state index contributed by atoms with van der Waals surface area (Å²) >= 11 is 12.3. The Hall–Kier alpha value is 2.58. The molecule has 0 aromatic carbocycles. The van der Waals surface area contributed by atoms with Gasteiger partial charge in [-0.15, -0.1) is 0 Å². The van der Waals surface area contributed by atoms with Gasteiger partial charge in [-0.05, 0) is 0 Å². The molecular weight excluding hydrogens is 319 g/mol. The zero-order valence-corrected chi connectivity index (χ0v) is 9.49. The van der Waals surface area contributed by atoms with Crippen molar-refractivity contribution in [2.75, 3.05) is 0 Å². The van der Waals surface area contributed by atoms with Crippen molar-refractivity contribution < 1.29 is 0 Å². The van der Waals surface area contributed by atoms with Crippen LogP contribution in [-0.4, -0.2) is 21.2 Å². The summed E-state index contributed by atoms with van der Waals surface area (Å²) in [7, 11) is 0. The molecule has 5 heteroatoms. The van der Waals surface area contributed by atoms with E-state index in [2.05, 4.69) is 57.7 Å². The number of hydrogen-bond donors (Lipinski definition) is 0. The summed E-state index contributed by atoms with van der Waals surface area (Å²) in [6, 6.07) is 0. The standard InChI is InChI=1S/Br3Ge.Li/c1-4(2)3;. The van der Waals surface area contributed by atoms with E-state index in [1.54, 1.807) is 0 Å². The molecule has 0 heterocycles. The first-order valence-electron chi connectivity index (χ1n) is 1.07. The molecule has 0 N–H and O–H groups in total. The van der Waals surface area contributed by atoms with Crippen molar-refractivity contribution >= 4 is 63.2 Å². The van der Waals surface area contributed by atoms with Crippen LogP contribution < -0.4 is 0 Å². The van der Waals surface area contributed by atoms with Crippen molar-refractivity contribution in [1.29, 1.82) is 0 Å². The van der Waals surface area contributed by atoms with E-state index in [9.17, 15) is 0 Å². The van der Waals surface area contributed by atoms with Gasteiger partial charge in [-0.1, -0.05) is 0 Å². The average molecular weight is 319 g/mol.